The lowest BCUT2D eigenvalue weighted by atomic mass is 10.0. The van der Waals surface area contributed by atoms with E-state index in [-0.39, 0.29) is 6.42 Å². The molecule has 1 rings (SSSR count). The summed E-state index contributed by atoms with van der Waals surface area (Å²) in [6.07, 6.45) is 17.8. The van der Waals surface area contributed by atoms with E-state index in [2.05, 4.69) is 6.92 Å². The van der Waals surface area contributed by atoms with E-state index < -0.39 is 5.97 Å². The van der Waals surface area contributed by atoms with Crippen molar-refractivity contribution in [3.8, 4) is 0 Å². The van der Waals surface area contributed by atoms with E-state index in [9.17, 15) is 9.90 Å². The normalized spacial score (nSPS) is 17.3. The van der Waals surface area contributed by atoms with Gasteiger partial charge in [-0.25, -0.2) is 0 Å². The van der Waals surface area contributed by atoms with Gasteiger partial charge in [-0.3, -0.25) is 0 Å². The summed E-state index contributed by atoms with van der Waals surface area (Å²) in [6.45, 7) is 6.61. The summed E-state index contributed by atoms with van der Waals surface area (Å²) in [4.78, 5) is 10.8. The fourth-order valence-corrected chi connectivity index (χ4v) is 4.01. The van der Waals surface area contributed by atoms with Crippen LogP contribution in [0.15, 0.2) is 0 Å². The van der Waals surface area contributed by atoms with Crippen LogP contribution in [0.5, 0.6) is 0 Å². The Morgan fingerprint density at radius 1 is 0.783 bits per heavy atom. The van der Waals surface area contributed by atoms with Crippen molar-refractivity contribution in [2.45, 2.75) is 96.8 Å². The minimum Gasteiger partial charge on any atom is -0.550 e. The average Bonchev–Trinajstić information content (AvgIpc) is 2.56. The SMILES string of the molecule is CCCCCCCCCCCC[N+]1(CCC(=O)[O-])CCCCC1. The maximum atomic E-state index is 10.8. The molecule has 0 N–H and O–H groups in total. The summed E-state index contributed by atoms with van der Waals surface area (Å²) in [5.74, 6) is -0.879. The van der Waals surface area contributed by atoms with Gasteiger partial charge in [-0.05, 0) is 32.1 Å². The van der Waals surface area contributed by atoms with Gasteiger partial charge in [-0.15, -0.1) is 0 Å². The Bertz CT molecular complexity index is 298. The smallest absolute Gasteiger partial charge is 0.0839 e. The Hall–Kier alpha value is -0.570. The van der Waals surface area contributed by atoms with E-state index >= 15 is 0 Å². The Morgan fingerprint density at radius 3 is 1.83 bits per heavy atom. The number of hydrogen-bond acceptors (Lipinski definition) is 2. The molecule has 0 bridgehead atoms. The van der Waals surface area contributed by atoms with Crippen molar-refractivity contribution in [2.24, 2.45) is 0 Å². The molecule has 0 aromatic heterocycles. The topological polar surface area (TPSA) is 40.1 Å². The number of carboxylic acid groups (broad SMARTS) is 1. The van der Waals surface area contributed by atoms with Crippen LogP contribution in [-0.4, -0.2) is 36.6 Å². The molecule has 0 aliphatic carbocycles. The summed E-state index contributed by atoms with van der Waals surface area (Å²) >= 11 is 0. The van der Waals surface area contributed by atoms with E-state index in [1.165, 1.54) is 103 Å². The molecule has 0 spiro atoms. The van der Waals surface area contributed by atoms with Crippen molar-refractivity contribution in [3.63, 3.8) is 0 Å². The van der Waals surface area contributed by atoms with Gasteiger partial charge in [0.25, 0.3) is 0 Å². The van der Waals surface area contributed by atoms with Crippen LogP contribution in [-0.2, 0) is 4.79 Å². The molecule has 1 heterocycles. The first-order valence-corrected chi connectivity index (χ1v) is 10.2. The number of carboxylic acids is 1. The maximum Gasteiger partial charge on any atom is 0.0839 e. The highest BCUT2D eigenvalue weighted by atomic mass is 16.4. The number of quaternary nitrogens is 1. The number of carbonyl (C=O) groups is 1. The van der Waals surface area contributed by atoms with Crippen molar-refractivity contribution in [1.82, 2.24) is 0 Å². The molecule has 3 nitrogen and oxygen atoms in total. The molecule has 1 aliphatic rings. The van der Waals surface area contributed by atoms with Gasteiger partial charge >= 0.3 is 0 Å². The van der Waals surface area contributed by atoms with Gasteiger partial charge in [-0.2, -0.15) is 0 Å². The Balaban J connectivity index is 2.07. The minimum absolute atomic E-state index is 0.234. The molecule has 0 saturated carbocycles. The Kier molecular flexibility index (Phi) is 11.4. The van der Waals surface area contributed by atoms with Crippen molar-refractivity contribution in [1.29, 1.82) is 0 Å². The van der Waals surface area contributed by atoms with Crippen LogP contribution in [0, 0.1) is 0 Å². The number of nitrogens with zero attached hydrogens (tertiary/aromatic N) is 1. The highest BCUT2D eigenvalue weighted by Crippen LogP contribution is 2.21. The molecule has 0 aromatic carbocycles. The summed E-state index contributed by atoms with van der Waals surface area (Å²) < 4.78 is 1.05. The second kappa shape index (κ2) is 12.8. The number of piperidine rings is 1. The molecule has 0 amide bonds. The van der Waals surface area contributed by atoms with E-state index in [1.54, 1.807) is 0 Å². The number of likely N-dealkylation sites (tertiary alicyclic amines) is 1. The molecule has 23 heavy (non-hydrogen) atoms. The maximum absolute atomic E-state index is 10.8. The third-order valence-electron chi connectivity index (χ3n) is 5.54. The fourth-order valence-electron chi connectivity index (χ4n) is 4.01. The lowest BCUT2D eigenvalue weighted by Gasteiger charge is -2.42. The second-order valence-corrected chi connectivity index (χ2v) is 7.60. The van der Waals surface area contributed by atoms with Gasteiger partial charge in [0.1, 0.15) is 0 Å². The molecule has 1 fully saturated rings. The van der Waals surface area contributed by atoms with Gasteiger partial charge in [0.15, 0.2) is 0 Å². The first kappa shape index (κ1) is 20.5. The Labute approximate surface area is 144 Å². The van der Waals surface area contributed by atoms with Crippen LogP contribution >= 0.6 is 0 Å². The number of unbranched alkanes of at least 4 members (excludes halogenated alkanes) is 9. The van der Waals surface area contributed by atoms with Gasteiger partial charge in [-0.1, -0.05) is 58.3 Å². The van der Waals surface area contributed by atoms with Gasteiger partial charge in [0, 0.05) is 12.4 Å². The minimum atomic E-state index is -0.879. The van der Waals surface area contributed by atoms with Gasteiger partial charge in [0.2, 0.25) is 0 Å². The lowest BCUT2D eigenvalue weighted by molar-refractivity contribution is -0.932. The summed E-state index contributed by atoms with van der Waals surface area (Å²) in [5, 5.41) is 10.8. The van der Waals surface area contributed by atoms with Crippen molar-refractivity contribution >= 4 is 5.97 Å². The lowest BCUT2D eigenvalue weighted by Crippen LogP contribution is -2.53. The van der Waals surface area contributed by atoms with E-state index in [1.807, 2.05) is 0 Å². The average molecular weight is 326 g/mol. The van der Waals surface area contributed by atoms with Crippen LogP contribution in [0.2, 0.25) is 0 Å². The second-order valence-electron chi connectivity index (χ2n) is 7.60. The molecule has 1 aliphatic heterocycles. The van der Waals surface area contributed by atoms with Crippen molar-refractivity contribution in [2.75, 3.05) is 26.2 Å². The van der Waals surface area contributed by atoms with Crippen LogP contribution in [0.3, 0.4) is 0 Å². The third kappa shape index (κ3) is 10.0. The zero-order valence-corrected chi connectivity index (χ0v) is 15.5. The van der Waals surface area contributed by atoms with E-state index in [4.69, 9.17) is 0 Å². The first-order valence-electron chi connectivity index (χ1n) is 10.2. The molecule has 0 radical (unpaired) electrons. The molecule has 0 unspecified atom stereocenters. The highest BCUT2D eigenvalue weighted by Gasteiger charge is 2.28. The molecule has 0 atom stereocenters. The molecule has 3 heteroatoms. The van der Waals surface area contributed by atoms with E-state index in [0.29, 0.717) is 0 Å². The summed E-state index contributed by atoms with van der Waals surface area (Å²) in [7, 11) is 0. The Morgan fingerprint density at radius 2 is 1.30 bits per heavy atom. The predicted octanol–water partition coefficient (Wildman–Crippen LogP) is 4.05. The van der Waals surface area contributed by atoms with Crippen molar-refractivity contribution < 1.29 is 14.4 Å². The summed E-state index contributed by atoms with van der Waals surface area (Å²) in [6, 6.07) is 0. The molecular formula is C20H39NO2. The van der Waals surface area contributed by atoms with Crippen LogP contribution < -0.4 is 5.11 Å². The molecule has 1 saturated heterocycles. The molecule has 0 aromatic rings. The van der Waals surface area contributed by atoms with Crippen LogP contribution in [0.4, 0.5) is 0 Å². The number of rotatable bonds is 14. The van der Waals surface area contributed by atoms with Gasteiger partial charge in [0.05, 0.1) is 26.2 Å². The number of carbonyl (C=O) groups excluding carboxylic acids is 1. The highest BCUT2D eigenvalue weighted by molar-refractivity contribution is 5.64. The number of hydrogen-bond donors (Lipinski definition) is 0. The zero-order valence-electron chi connectivity index (χ0n) is 15.5. The monoisotopic (exact) mass is 325 g/mol. The predicted molar refractivity (Wildman–Crippen MR) is 95.0 cm³/mol. The van der Waals surface area contributed by atoms with Crippen LogP contribution in [0.25, 0.3) is 0 Å². The van der Waals surface area contributed by atoms with Crippen LogP contribution in [0.1, 0.15) is 96.8 Å². The fraction of sp³-hybridized carbons (Fsp3) is 0.950. The third-order valence-corrected chi connectivity index (χ3v) is 5.54. The molecular weight excluding hydrogens is 286 g/mol. The first-order chi connectivity index (χ1) is 11.2. The largest absolute Gasteiger partial charge is 0.550 e. The quantitative estimate of drug-likeness (QED) is 0.357. The standard InChI is InChI=1S/C20H39NO2/c1-2-3-4-5-6-7-8-9-10-12-16-21(19-15-20(22)23)17-13-11-14-18-21/h2-19H2,1H3. The van der Waals surface area contributed by atoms with Crippen molar-refractivity contribution in [3.05, 3.63) is 0 Å². The van der Waals surface area contributed by atoms with E-state index in [0.717, 1.165) is 11.0 Å². The zero-order chi connectivity index (χ0) is 16.8. The molecule has 136 valence electrons. The number of aliphatic carboxylic acids is 1. The summed E-state index contributed by atoms with van der Waals surface area (Å²) in [5.41, 5.74) is 0. The van der Waals surface area contributed by atoms with Gasteiger partial charge < -0.3 is 14.4 Å².